The Morgan fingerprint density at radius 1 is 0.354 bits per heavy atom. The molecule has 4 aliphatic carbocycles. The van der Waals surface area contributed by atoms with E-state index in [0.717, 1.165) is 114 Å². The lowest BCUT2D eigenvalue weighted by atomic mass is 9.82. The molecule has 8 aromatic carbocycles. The fraction of sp³-hybridized carbons (Fsp3) is 0.244. The van der Waals surface area contributed by atoms with Crippen molar-refractivity contribution in [1.82, 2.24) is 9.13 Å². The number of benzene rings is 8. The second kappa shape index (κ2) is 30.2. The van der Waals surface area contributed by atoms with Gasteiger partial charge in [0.1, 0.15) is 46.4 Å². The summed E-state index contributed by atoms with van der Waals surface area (Å²) in [7, 11) is 3.50. The Hall–Kier alpha value is -9.36. The van der Waals surface area contributed by atoms with Gasteiger partial charge in [-0.2, -0.15) is 0 Å². The number of carbonyl (C=O) groups excluding carboxylic acids is 4. The topological polar surface area (TPSA) is 112 Å². The highest BCUT2D eigenvalue weighted by atomic mass is 35.5. The second-order valence-electron chi connectivity index (χ2n) is 25.6. The zero-order chi connectivity index (χ0) is 67.9. The first kappa shape index (κ1) is 68.0. The number of aryl methyl sites for hydroxylation is 6. The number of rotatable bonds is 10. The Kier molecular flexibility index (Phi) is 21.4. The fourth-order valence-corrected chi connectivity index (χ4v) is 14.1. The van der Waals surface area contributed by atoms with Crippen molar-refractivity contribution in [1.29, 1.82) is 0 Å². The number of halogens is 6. The summed E-state index contributed by atoms with van der Waals surface area (Å²) in [5, 5.41) is 1.39. The van der Waals surface area contributed by atoms with Crippen molar-refractivity contribution in [3.05, 3.63) is 324 Å². The molecule has 10 aromatic rings. The predicted octanol–water partition coefficient (Wildman–Crippen LogP) is 16.6. The van der Waals surface area contributed by atoms with Crippen LogP contribution in [0.25, 0.3) is 22.3 Å². The monoisotopic (exact) mass is 1330 g/mol. The molecule has 0 atom stereocenters. The van der Waals surface area contributed by atoms with Crippen LogP contribution in [0.1, 0.15) is 126 Å². The molecule has 8 nitrogen and oxygen atoms in total. The maximum absolute atomic E-state index is 13.8. The molecule has 0 bridgehead atoms. The Morgan fingerprint density at radius 3 is 1.21 bits per heavy atom. The lowest BCUT2D eigenvalue weighted by Gasteiger charge is -2.23. The van der Waals surface area contributed by atoms with Crippen molar-refractivity contribution in [2.24, 2.45) is 14.1 Å². The van der Waals surface area contributed by atoms with Gasteiger partial charge in [-0.1, -0.05) is 108 Å². The van der Waals surface area contributed by atoms with Gasteiger partial charge in [0.25, 0.3) is 11.1 Å². The number of fused-ring (bicyclic) bond motifs is 4. The fourth-order valence-electron chi connectivity index (χ4n) is 13.6. The molecule has 0 aliphatic heterocycles. The molecular weight excluding hydrogens is 1260 g/mol. The Labute approximate surface area is 566 Å². The molecule has 0 saturated heterocycles. The first-order valence-corrected chi connectivity index (χ1v) is 33.1. The second-order valence-corrected chi connectivity index (χ2v) is 26.4. The Bertz CT molecular complexity index is 4700. The summed E-state index contributed by atoms with van der Waals surface area (Å²) < 4.78 is 57.1. The van der Waals surface area contributed by atoms with Gasteiger partial charge in [-0.05, 0) is 249 Å². The van der Waals surface area contributed by atoms with Gasteiger partial charge in [-0.3, -0.25) is 28.8 Å². The van der Waals surface area contributed by atoms with E-state index in [4.69, 9.17) is 23.2 Å². The van der Waals surface area contributed by atoms with Crippen molar-refractivity contribution in [3.8, 4) is 22.3 Å². The van der Waals surface area contributed by atoms with E-state index in [1.165, 1.54) is 53.1 Å². The number of aromatic nitrogens is 2. The summed E-state index contributed by atoms with van der Waals surface area (Å²) in [5.41, 5.74) is 22.0. The van der Waals surface area contributed by atoms with Gasteiger partial charge in [0.15, 0.2) is 0 Å². The maximum Gasteiger partial charge on any atom is 0.253 e. The van der Waals surface area contributed by atoms with Crippen LogP contribution in [-0.4, -0.2) is 32.3 Å². The molecule has 2 aromatic heterocycles. The highest BCUT2D eigenvalue weighted by molar-refractivity contribution is 6.32. The Morgan fingerprint density at radius 2 is 0.740 bits per heavy atom. The molecule has 14 rings (SSSR count). The number of hydrogen-bond acceptors (Lipinski definition) is 6. The highest BCUT2D eigenvalue weighted by Gasteiger charge is 2.25. The van der Waals surface area contributed by atoms with Crippen molar-refractivity contribution >= 4 is 46.3 Å². The number of carbonyl (C=O) groups is 4. The molecule has 2 heterocycles. The van der Waals surface area contributed by atoms with Crippen molar-refractivity contribution in [3.63, 3.8) is 0 Å². The number of Topliss-reactive ketones (excluding diaryl/α,β-unsaturated/α-hetero) is 4. The largest absolute Gasteiger partial charge is 0.318 e. The maximum atomic E-state index is 13.8. The average molecular weight is 1330 g/mol. The number of nitrogens with zero attached hydrogens (tertiary/aromatic N) is 2. The highest BCUT2D eigenvalue weighted by Crippen LogP contribution is 2.37. The molecular formula is C82H72Cl2F4N2O6. The van der Waals surface area contributed by atoms with Crippen LogP contribution in [0.3, 0.4) is 0 Å². The van der Waals surface area contributed by atoms with E-state index in [-0.39, 0.29) is 57.5 Å². The lowest BCUT2D eigenvalue weighted by molar-refractivity contribution is -0.119. The van der Waals surface area contributed by atoms with Gasteiger partial charge in [0, 0.05) is 99.0 Å². The molecule has 0 saturated carbocycles. The molecule has 0 radical (unpaired) electrons. The van der Waals surface area contributed by atoms with Crippen LogP contribution in [0.5, 0.6) is 0 Å². The van der Waals surface area contributed by atoms with Crippen molar-refractivity contribution in [2.75, 3.05) is 0 Å². The summed E-state index contributed by atoms with van der Waals surface area (Å²) >= 11 is 12.6. The summed E-state index contributed by atoms with van der Waals surface area (Å²) in [4.78, 5) is 71.2. The van der Waals surface area contributed by atoms with Crippen LogP contribution in [0.2, 0.25) is 10.0 Å². The zero-order valence-corrected chi connectivity index (χ0v) is 55.6. The van der Waals surface area contributed by atoms with Gasteiger partial charge in [0.05, 0.1) is 0 Å². The van der Waals surface area contributed by atoms with Gasteiger partial charge in [0.2, 0.25) is 0 Å². The van der Waals surface area contributed by atoms with Gasteiger partial charge >= 0.3 is 0 Å². The minimum absolute atomic E-state index is 0.0148. The van der Waals surface area contributed by atoms with E-state index >= 15 is 0 Å². The summed E-state index contributed by atoms with van der Waals surface area (Å²) in [6, 6.07) is 46.2. The molecule has 0 amide bonds. The normalized spacial score (nSPS) is 13.8. The molecule has 4 aliphatic rings. The van der Waals surface area contributed by atoms with Gasteiger partial charge in [-0.15, -0.1) is 0 Å². The minimum atomic E-state index is -0.259. The standard InChI is InChI=1S/2C24H22FNO2.2C17H14ClFO/c1-15-10-18(14-26(2)24(15)28)22-8-6-17-13-20(27)7-9-21(17)23(22)12-16-4-3-5-19(25)11-16;1-15-8-20(14-26(2)24(15)28)23-13-17-6-7-22(27)12-18(17)11-19(23)9-16-4-3-5-21(25)10-16;18-17-7-4-12-10-14(20)5-6-15(12)16(17)9-11-2-1-3-13(19)8-11;18-17-10-12-4-5-16(20)9-13(12)8-14(17)6-11-2-1-3-15(19)7-11/h3-6,8,10-11,14H,7,9,12-13H2,1-2H3;3-5,8,10-11,13-14H,6-7,9,12H2,1-2H3;1-4,7-8H,5-6,9-10H2;1-3,7-8,10H,4-6,9H2. The van der Waals surface area contributed by atoms with E-state index in [9.17, 15) is 46.3 Å². The van der Waals surface area contributed by atoms with Crippen molar-refractivity contribution in [2.45, 2.75) is 117 Å². The SMILES string of the molecule is Cc1cc(-c2cc3c(cc2Cc2cccc(F)c2)CC(=O)CC3)cn(C)c1=O.Cc1cc(-c2ccc3c(c2Cc2cccc(F)c2)CCC(=O)C3)cn(C)c1=O.O=C1CCc2c(ccc(Cl)c2Cc2cccc(F)c2)C1.O=C1CCc2cc(Cl)c(Cc3cccc(F)c3)cc2C1. The number of hydrogen-bond donors (Lipinski definition) is 0. The zero-order valence-electron chi connectivity index (χ0n) is 54.1. The quantitative estimate of drug-likeness (QED) is 0.126. The van der Waals surface area contributed by atoms with E-state index in [0.29, 0.717) is 105 Å². The van der Waals surface area contributed by atoms with E-state index in [1.807, 2.05) is 99.0 Å². The van der Waals surface area contributed by atoms with Crippen LogP contribution in [-0.2, 0) is 110 Å². The lowest BCUT2D eigenvalue weighted by Crippen LogP contribution is -2.19. The first-order valence-electron chi connectivity index (χ1n) is 32.4. The Balaban J connectivity index is 0.000000132. The van der Waals surface area contributed by atoms with Gasteiger partial charge < -0.3 is 9.13 Å². The molecule has 0 fully saturated rings. The smallest absolute Gasteiger partial charge is 0.253 e. The average Bonchev–Trinajstić information content (AvgIpc) is 0.785. The van der Waals surface area contributed by atoms with Crippen LogP contribution < -0.4 is 11.1 Å². The molecule has 0 spiro atoms. The first-order chi connectivity index (χ1) is 46.1. The van der Waals surface area contributed by atoms with Crippen LogP contribution in [0, 0.1) is 37.1 Å². The molecule has 0 N–H and O–H groups in total. The van der Waals surface area contributed by atoms with Crippen LogP contribution >= 0.6 is 23.2 Å². The van der Waals surface area contributed by atoms with E-state index in [1.54, 1.807) is 59.6 Å². The third-order valence-corrected chi connectivity index (χ3v) is 19.2. The van der Waals surface area contributed by atoms with Crippen LogP contribution in [0.4, 0.5) is 17.6 Å². The predicted molar refractivity (Wildman–Crippen MR) is 372 cm³/mol. The number of pyridine rings is 2. The summed E-state index contributed by atoms with van der Waals surface area (Å²) in [5.74, 6) is 0.0744. The van der Waals surface area contributed by atoms with E-state index < -0.39 is 0 Å². The van der Waals surface area contributed by atoms with Crippen LogP contribution in [0.15, 0.2) is 180 Å². The molecule has 14 heteroatoms. The molecule has 488 valence electrons. The summed E-state index contributed by atoms with van der Waals surface area (Å²) in [6.45, 7) is 3.63. The molecule has 96 heavy (non-hydrogen) atoms. The minimum Gasteiger partial charge on any atom is -0.318 e. The third kappa shape index (κ3) is 16.6. The van der Waals surface area contributed by atoms with E-state index in [2.05, 4.69) is 12.1 Å². The summed E-state index contributed by atoms with van der Waals surface area (Å²) in [6.07, 6.45) is 13.2. The van der Waals surface area contributed by atoms with Crippen molar-refractivity contribution < 1.29 is 36.7 Å². The molecule has 0 unspecified atom stereocenters. The van der Waals surface area contributed by atoms with Gasteiger partial charge in [-0.25, -0.2) is 17.6 Å². The number of ketones is 4. The third-order valence-electron chi connectivity index (χ3n) is 18.5.